The minimum atomic E-state index is -0.345. The van der Waals surface area contributed by atoms with E-state index in [0.717, 1.165) is 11.3 Å². The first-order valence-electron chi connectivity index (χ1n) is 10.3. The maximum absolute atomic E-state index is 13.4. The van der Waals surface area contributed by atoms with Crippen LogP contribution in [0.25, 0.3) is 0 Å². The second-order valence-corrected chi connectivity index (χ2v) is 7.31. The molecule has 2 aromatic carbocycles. The number of para-hydroxylation sites is 2. The molecule has 1 aliphatic heterocycles. The molecular weight excluding hydrogens is 410 g/mol. The molecule has 0 saturated carbocycles. The number of anilines is 1. The number of benzene rings is 2. The normalized spacial score (nSPS) is 15.0. The van der Waals surface area contributed by atoms with Crippen molar-refractivity contribution in [3.05, 3.63) is 66.0 Å². The molecule has 0 spiro atoms. The Hall–Kier alpha value is -3.81. The molecule has 0 bridgehead atoms. The van der Waals surface area contributed by atoms with E-state index in [0.29, 0.717) is 41.8 Å². The quantitative estimate of drug-likeness (QED) is 0.627. The summed E-state index contributed by atoms with van der Waals surface area (Å²) in [6, 6.07) is 14.6. The van der Waals surface area contributed by atoms with Crippen LogP contribution in [-0.4, -0.2) is 50.5 Å². The summed E-state index contributed by atoms with van der Waals surface area (Å²) in [5, 5.41) is 3.00. The van der Waals surface area contributed by atoms with Gasteiger partial charge < -0.3 is 33.7 Å². The zero-order valence-electron chi connectivity index (χ0n) is 18.6. The highest BCUT2D eigenvalue weighted by atomic mass is 16.5. The van der Waals surface area contributed by atoms with E-state index in [-0.39, 0.29) is 12.1 Å². The van der Waals surface area contributed by atoms with Crippen LogP contribution in [0.1, 0.15) is 17.3 Å². The van der Waals surface area contributed by atoms with Crippen LogP contribution in [0.3, 0.4) is 0 Å². The van der Waals surface area contributed by atoms with Crippen molar-refractivity contribution in [2.45, 2.75) is 12.6 Å². The van der Waals surface area contributed by atoms with Gasteiger partial charge >= 0.3 is 6.03 Å². The molecule has 0 radical (unpaired) electrons. The summed E-state index contributed by atoms with van der Waals surface area (Å²) in [5.74, 6) is 2.19. The molecule has 2 amide bonds. The van der Waals surface area contributed by atoms with Crippen molar-refractivity contribution >= 4 is 11.7 Å². The van der Waals surface area contributed by atoms with Gasteiger partial charge in [0, 0.05) is 25.0 Å². The fourth-order valence-electron chi connectivity index (χ4n) is 4.15. The third kappa shape index (κ3) is 3.79. The van der Waals surface area contributed by atoms with Gasteiger partial charge in [0.25, 0.3) is 0 Å². The average molecular weight is 437 g/mol. The molecule has 4 rings (SSSR count). The number of fused-ring (bicyclic) bond motifs is 1. The summed E-state index contributed by atoms with van der Waals surface area (Å²) >= 11 is 0. The summed E-state index contributed by atoms with van der Waals surface area (Å²) < 4.78 is 24.1. The maximum atomic E-state index is 13.4. The highest BCUT2D eigenvalue weighted by Crippen LogP contribution is 2.43. The molecule has 0 saturated heterocycles. The van der Waals surface area contributed by atoms with E-state index in [4.69, 9.17) is 18.9 Å². The summed E-state index contributed by atoms with van der Waals surface area (Å²) in [6.45, 7) is 1.23. The number of hydrogen-bond donors (Lipinski definition) is 1. The predicted octanol–water partition coefficient (Wildman–Crippen LogP) is 4.16. The molecule has 8 heteroatoms. The standard InChI is InChI=1S/C24H27N3O5/c1-29-19-10-6-5-8-17(19)25-24(28)27-13-12-26-11-7-9-18(26)22(27)16-14-20(30-2)23(32-4)21(15-16)31-3/h5-11,14-15,22H,12-13H2,1-4H3,(H,25,28)/t22-/m0/s1. The first-order chi connectivity index (χ1) is 15.6. The Balaban J connectivity index is 1.76. The lowest BCUT2D eigenvalue weighted by atomic mass is 9.99. The van der Waals surface area contributed by atoms with Gasteiger partial charge in [-0.15, -0.1) is 0 Å². The lowest BCUT2D eigenvalue weighted by molar-refractivity contribution is 0.181. The van der Waals surface area contributed by atoms with Crippen molar-refractivity contribution < 1.29 is 23.7 Å². The summed E-state index contributed by atoms with van der Waals surface area (Å²) in [6.07, 6.45) is 2.02. The van der Waals surface area contributed by atoms with Crippen LogP contribution in [-0.2, 0) is 6.54 Å². The number of carbonyl (C=O) groups is 1. The third-order valence-corrected chi connectivity index (χ3v) is 5.65. The van der Waals surface area contributed by atoms with E-state index in [2.05, 4.69) is 9.88 Å². The smallest absolute Gasteiger partial charge is 0.322 e. The molecule has 1 aliphatic rings. The van der Waals surface area contributed by atoms with E-state index in [1.165, 1.54) is 0 Å². The number of nitrogens with one attached hydrogen (secondary N) is 1. The highest BCUT2D eigenvalue weighted by Gasteiger charge is 2.34. The highest BCUT2D eigenvalue weighted by molar-refractivity contribution is 5.91. The van der Waals surface area contributed by atoms with Gasteiger partial charge in [-0.2, -0.15) is 0 Å². The maximum Gasteiger partial charge on any atom is 0.322 e. The summed E-state index contributed by atoms with van der Waals surface area (Å²) in [5.41, 5.74) is 2.47. The number of ether oxygens (including phenoxy) is 4. The van der Waals surface area contributed by atoms with E-state index < -0.39 is 0 Å². The second-order valence-electron chi connectivity index (χ2n) is 7.31. The Morgan fingerprint density at radius 2 is 1.56 bits per heavy atom. The Morgan fingerprint density at radius 3 is 2.22 bits per heavy atom. The SMILES string of the molecule is COc1ccccc1NC(=O)N1CCn2cccc2[C@@H]1c1cc(OC)c(OC)c(OC)c1. The minimum Gasteiger partial charge on any atom is -0.495 e. The predicted molar refractivity (Wildman–Crippen MR) is 121 cm³/mol. The summed E-state index contributed by atoms with van der Waals surface area (Å²) in [7, 11) is 6.31. The zero-order chi connectivity index (χ0) is 22.7. The van der Waals surface area contributed by atoms with Crippen LogP contribution in [0.4, 0.5) is 10.5 Å². The topological polar surface area (TPSA) is 74.2 Å². The van der Waals surface area contributed by atoms with Crippen LogP contribution in [0.5, 0.6) is 23.0 Å². The fourth-order valence-corrected chi connectivity index (χ4v) is 4.15. The van der Waals surface area contributed by atoms with Crippen molar-refractivity contribution in [3.8, 4) is 23.0 Å². The van der Waals surface area contributed by atoms with Crippen molar-refractivity contribution in [2.75, 3.05) is 40.3 Å². The van der Waals surface area contributed by atoms with Crippen LogP contribution in [0.15, 0.2) is 54.7 Å². The van der Waals surface area contributed by atoms with Crippen molar-refractivity contribution in [1.82, 2.24) is 9.47 Å². The number of amides is 2. The van der Waals surface area contributed by atoms with Crippen molar-refractivity contribution in [2.24, 2.45) is 0 Å². The Morgan fingerprint density at radius 1 is 0.875 bits per heavy atom. The van der Waals surface area contributed by atoms with Gasteiger partial charge in [0.05, 0.1) is 40.2 Å². The zero-order valence-corrected chi connectivity index (χ0v) is 18.6. The van der Waals surface area contributed by atoms with Crippen molar-refractivity contribution in [3.63, 3.8) is 0 Å². The molecule has 168 valence electrons. The lowest BCUT2D eigenvalue weighted by Crippen LogP contribution is -2.44. The van der Waals surface area contributed by atoms with Crippen LogP contribution >= 0.6 is 0 Å². The number of nitrogens with zero attached hydrogens (tertiary/aromatic N) is 2. The molecule has 1 N–H and O–H groups in total. The Kier molecular flexibility index (Phi) is 6.11. The number of hydrogen-bond acceptors (Lipinski definition) is 5. The Labute approximate surface area is 187 Å². The van der Waals surface area contributed by atoms with Crippen LogP contribution in [0, 0.1) is 0 Å². The van der Waals surface area contributed by atoms with Gasteiger partial charge in [0.2, 0.25) is 5.75 Å². The number of methoxy groups -OCH3 is 4. The first kappa shape index (κ1) is 21.4. The van der Waals surface area contributed by atoms with Gasteiger partial charge in [0.1, 0.15) is 5.75 Å². The largest absolute Gasteiger partial charge is 0.495 e. The van der Waals surface area contributed by atoms with Gasteiger partial charge in [-0.1, -0.05) is 12.1 Å². The molecule has 1 aromatic heterocycles. The van der Waals surface area contributed by atoms with Crippen LogP contribution < -0.4 is 24.3 Å². The van der Waals surface area contributed by atoms with E-state index in [9.17, 15) is 4.79 Å². The molecule has 8 nitrogen and oxygen atoms in total. The monoisotopic (exact) mass is 437 g/mol. The molecule has 0 unspecified atom stereocenters. The first-order valence-corrected chi connectivity index (χ1v) is 10.3. The minimum absolute atomic E-state index is 0.222. The second kappa shape index (κ2) is 9.13. The van der Waals surface area contributed by atoms with Crippen molar-refractivity contribution in [1.29, 1.82) is 0 Å². The molecule has 0 aliphatic carbocycles. The van der Waals surface area contributed by atoms with Crippen LogP contribution in [0.2, 0.25) is 0 Å². The van der Waals surface area contributed by atoms with Gasteiger partial charge in [-0.05, 0) is 42.0 Å². The average Bonchev–Trinajstić information content (AvgIpc) is 3.31. The molecule has 2 heterocycles. The Bertz CT molecular complexity index is 1090. The van der Waals surface area contributed by atoms with E-state index >= 15 is 0 Å². The van der Waals surface area contributed by atoms with E-state index in [1.54, 1.807) is 28.4 Å². The van der Waals surface area contributed by atoms with Gasteiger partial charge in [0.15, 0.2) is 11.5 Å². The lowest BCUT2D eigenvalue weighted by Gasteiger charge is -2.37. The van der Waals surface area contributed by atoms with E-state index in [1.807, 2.05) is 59.6 Å². The van der Waals surface area contributed by atoms with Gasteiger partial charge in [-0.3, -0.25) is 0 Å². The fraction of sp³-hybridized carbons (Fsp3) is 0.292. The number of rotatable bonds is 6. The number of carbonyl (C=O) groups excluding carboxylic acids is 1. The third-order valence-electron chi connectivity index (χ3n) is 5.65. The molecule has 0 fully saturated rings. The molecule has 1 atom stereocenters. The number of urea groups is 1. The van der Waals surface area contributed by atoms with Gasteiger partial charge in [-0.25, -0.2) is 4.79 Å². The molecular formula is C24H27N3O5. The molecule has 32 heavy (non-hydrogen) atoms. The number of aromatic nitrogens is 1. The summed E-state index contributed by atoms with van der Waals surface area (Å²) in [4.78, 5) is 15.3. The molecule has 3 aromatic rings.